The Labute approximate surface area is 122 Å². The molecular weight excluding hydrogens is 244 g/mol. The van der Waals surface area contributed by atoms with Crippen molar-refractivity contribution in [1.82, 2.24) is 9.88 Å². The van der Waals surface area contributed by atoms with E-state index in [1.165, 1.54) is 22.5 Å². The standard InChI is InChI=1S/C18H26N2/c1-5-20-15(3)12-18(16(20)4)13-19-14(2)11-17-9-7-6-8-10-17/h6-10,12,14,19H,5,11,13H2,1-4H3. The first-order valence-corrected chi connectivity index (χ1v) is 7.54. The molecule has 1 N–H and O–H groups in total. The van der Waals surface area contributed by atoms with Crippen LogP contribution in [0.25, 0.3) is 0 Å². The molecule has 1 aromatic carbocycles. The molecule has 108 valence electrons. The number of rotatable bonds is 6. The summed E-state index contributed by atoms with van der Waals surface area (Å²) in [6.45, 7) is 10.9. The van der Waals surface area contributed by atoms with Crippen LogP contribution < -0.4 is 5.32 Å². The van der Waals surface area contributed by atoms with Gasteiger partial charge < -0.3 is 9.88 Å². The van der Waals surface area contributed by atoms with E-state index in [1.54, 1.807) is 0 Å². The lowest BCUT2D eigenvalue weighted by molar-refractivity contribution is 0.543. The van der Waals surface area contributed by atoms with E-state index in [-0.39, 0.29) is 0 Å². The van der Waals surface area contributed by atoms with Gasteiger partial charge in [0.25, 0.3) is 0 Å². The van der Waals surface area contributed by atoms with Gasteiger partial charge >= 0.3 is 0 Å². The largest absolute Gasteiger partial charge is 0.349 e. The lowest BCUT2D eigenvalue weighted by Crippen LogP contribution is -2.27. The fourth-order valence-corrected chi connectivity index (χ4v) is 2.86. The summed E-state index contributed by atoms with van der Waals surface area (Å²) in [5.41, 5.74) is 5.57. The van der Waals surface area contributed by atoms with E-state index >= 15 is 0 Å². The van der Waals surface area contributed by atoms with E-state index in [0.29, 0.717) is 6.04 Å². The van der Waals surface area contributed by atoms with Crippen molar-refractivity contribution in [2.45, 2.75) is 53.2 Å². The lowest BCUT2D eigenvalue weighted by atomic mass is 10.1. The Balaban J connectivity index is 1.92. The summed E-state index contributed by atoms with van der Waals surface area (Å²) < 4.78 is 2.37. The molecule has 2 rings (SSSR count). The molecule has 0 amide bonds. The van der Waals surface area contributed by atoms with Crippen LogP contribution in [0.1, 0.15) is 36.4 Å². The number of nitrogens with zero attached hydrogens (tertiary/aromatic N) is 1. The third kappa shape index (κ3) is 3.51. The van der Waals surface area contributed by atoms with Crippen LogP contribution in [0.15, 0.2) is 36.4 Å². The predicted molar refractivity (Wildman–Crippen MR) is 86.0 cm³/mol. The molecule has 1 unspecified atom stereocenters. The number of benzene rings is 1. The van der Waals surface area contributed by atoms with Gasteiger partial charge in [0.1, 0.15) is 0 Å². The van der Waals surface area contributed by atoms with E-state index in [2.05, 4.69) is 74.0 Å². The molecule has 1 heterocycles. The normalized spacial score (nSPS) is 12.6. The second-order valence-electron chi connectivity index (χ2n) is 5.61. The smallest absolute Gasteiger partial charge is 0.0225 e. The Morgan fingerprint density at radius 2 is 1.85 bits per heavy atom. The molecule has 0 radical (unpaired) electrons. The molecule has 0 aliphatic heterocycles. The highest BCUT2D eigenvalue weighted by Crippen LogP contribution is 2.15. The molecule has 2 nitrogen and oxygen atoms in total. The Morgan fingerprint density at radius 3 is 2.45 bits per heavy atom. The molecule has 2 heteroatoms. The molecule has 2 aromatic rings. The van der Waals surface area contributed by atoms with Crippen LogP contribution in [0, 0.1) is 13.8 Å². The predicted octanol–water partition coefficient (Wildman–Crippen LogP) is 3.85. The Morgan fingerprint density at radius 1 is 1.15 bits per heavy atom. The van der Waals surface area contributed by atoms with Crippen molar-refractivity contribution in [3.63, 3.8) is 0 Å². The van der Waals surface area contributed by atoms with Gasteiger partial charge in [0, 0.05) is 30.5 Å². The number of hydrogen-bond acceptors (Lipinski definition) is 1. The fourth-order valence-electron chi connectivity index (χ4n) is 2.86. The van der Waals surface area contributed by atoms with Crippen LogP contribution in [0.5, 0.6) is 0 Å². The first kappa shape index (κ1) is 14.9. The van der Waals surface area contributed by atoms with Crippen LogP contribution in [0.4, 0.5) is 0 Å². The summed E-state index contributed by atoms with van der Waals surface area (Å²) in [4.78, 5) is 0. The minimum Gasteiger partial charge on any atom is -0.349 e. The summed E-state index contributed by atoms with van der Waals surface area (Å²) in [5.74, 6) is 0. The highest BCUT2D eigenvalue weighted by atomic mass is 15.0. The second kappa shape index (κ2) is 6.76. The second-order valence-corrected chi connectivity index (χ2v) is 5.61. The third-order valence-corrected chi connectivity index (χ3v) is 4.02. The van der Waals surface area contributed by atoms with Gasteiger partial charge in [-0.15, -0.1) is 0 Å². The van der Waals surface area contributed by atoms with Gasteiger partial charge in [0.15, 0.2) is 0 Å². The fraction of sp³-hybridized carbons (Fsp3) is 0.444. The van der Waals surface area contributed by atoms with E-state index in [9.17, 15) is 0 Å². The van der Waals surface area contributed by atoms with Crippen molar-refractivity contribution in [2.75, 3.05) is 0 Å². The summed E-state index contributed by atoms with van der Waals surface area (Å²) in [7, 11) is 0. The van der Waals surface area contributed by atoms with Crippen molar-refractivity contribution < 1.29 is 0 Å². The number of hydrogen-bond donors (Lipinski definition) is 1. The topological polar surface area (TPSA) is 17.0 Å². The monoisotopic (exact) mass is 270 g/mol. The Kier molecular flexibility index (Phi) is 5.02. The molecule has 0 spiro atoms. The van der Waals surface area contributed by atoms with Crippen molar-refractivity contribution in [1.29, 1.82) is 0 Å². The average molecular weight is 270 g/mol. The van der Waals surface area contributed by atoms with Gasteiger partial charge in [0.2, 0.25) is 0 Å². The quantitative estimate of drug-likeness (QED) is 0.843. The van der Waals surface area contributed by atoms with E-state index < -0.39 is 0 Å². The van der Waals surface area contributed by atoms with Gasteiger partial charge in [0.05, 0.1) is 0 Å². The van der Waals surface area contributed by atoms with Crippen molar-refractivity contribution in [3.05, 3.63) is 58.9 Å². The van der Waals surface area contributed by atoms with Crippen molar-refractivity contribution in [3.8, 4) is 0 Å². The van der Waals surface area contributed by atoms with Gasteiger partial charge in [-0.25, -0.2) is 0 Å². The van der Waals surface area contributed by atoms with Crippen LogP contribution in [0.2, 0.25) is 0 Å². The van der Waals surface area contributed by atoms with Gasteiger partial charge in [-0.3, -0.25) is 0 Å². The SMILES string of the molecule is CCn1c(C)cc(CNC(C)Cc2ccccc2)c1C. The maximum atomic E-state index is 3.64. The maximum Gasteiger partial charge on any atom is 0.0225 e. The summed E-state index contributed by atoms with van der Waals surface area (Å²) in [6, 6.07) is 13.5. The highest BCUT2D eigenvalue weighted by molar-refractivity contribution is 5.26. The minimum absolute atomic E-state index is 0.488. The van der Waals surface area contributed by atoms with E-state index in [1.807, 2.05) is 0 Å². The number of nitrogens with one attached hydrogen (secondary N) is 1. The molecule has 0 saturated carbocycles. The Hall–Kier alpha value is -1.54. The maximum absolute atomic E-state index is 3.64. The van der Waals surface area contributed by atoms with Crippen LogP contribution in [0.3, 0.4) is 0 Å². The van der Waals surface area contributed by atoms with E-state index in [4.69, 9.17) is 0 Å². The zero-order valence-corrected chi connectivity index (χ0v) is 13.1. The zero-order chi connectivity index (χ0) is 14.5. The molecule has 1 atom stereocenters. The molecular formula is C18H26N2. The molecule has 20 heavy (non-hydrogen) atoms. The first-order chi connectivity index (χ1) is 9.61. The van der Waals surface area contributed by atoms with Crippen LogP contribution in [-0.2, 0) is 19.5 Å². The molecule has 0 aliphatic rings. The first-order valence-electron chi connectivity index (χ1n) is 7.54. The highest BCUT2D eigenvalue weighted by Gasteiger charge is 2.09. The zero-order valence-electron chi connectivity index (χ0n) is 13.1. The van der Waals surface area contributed by atoms with E-state index in [0.717, 1.165) is 19.5 Å². The van der Waals surface area contributed by atoms with Crippen molar-refractivity contribution >= 4 is 0 Å². The molecule has 0 saturated heterocycles. The molecule has 1 aromatic heterocycles. The van der Waals surface area contributed by atoms with Gasteiger partial charge in [-0.05, 0) is 51.3 Å². The average Bonchev–Trinajstić information content (AvgIpc) is 2.72. The van der Waals surface area contributed by atoms with Gasteiger partial charge in [-0.1, -0.05) is 30.3 Å². The minimum atomic E-state index is 0.488. The summed E-state index contributed by atoms with van der Waals surface area (Å²) in [6.07, 6.45) is 1.08. The molecule has 0 bridgehead atoms. The third-order valence-electron chi connectivity index (χ3n) is 4.02. The molecule has 0 aliphatic carbocycles. The lowest BCUT2D eigenvalue weighted by Gasteiger charge is -2.14. The summed E-state index contributed by atoms with van der Waals surface area (Å²) in [5, 5.41) is 3.64. The number of aromatic nitrogens is 1. The van der Waals surface area contributed by atoms with Crippen LogP contribution in [-0.4, -0.2) is 10.6 Å². The van der Waals surface area contributed by atoms with Gasteiger partial charge in [-0.2, -0.15) is 0 Å². The van der Waals surface area contributed by atoms with Crippen LogP contribution >= 0.6 is 0 Å². The molecule has 0 fully saturated rings. The Bertz CT molecular complexity index is 540. The number of aryl methyl sites for hydroxylation is 1. The van der Waals surface area contributed by atoms with Crippen molar-refractivity contribution in [2.24, 2.45) is 0 Å². The summed E-state index contributed by atoms with van der Waals surface area (Å²) >= 11 is 0.